The van der Waals surface area contributed by atoms with Crippen molar-refractivity contribution < 1.29 is 14.9 Å². The van der Waals surface area contributed by atoms with Crippen LogP contribution in [-0.4, -0.2) is 18.0 Å². The van der Waals surface area contributed by atoms with Gasteiger partial charge in [-0.05, 0) is 25.7 Å². The molecule has 5 heteroatoms. The molecule has 1 fully saturated rings. The molecule has 0 saturated heterocycles. The number of quaternary nitrogens is 1. The quantitative estimate of drug-likeness (QED) is 0.789. The monoisotopic (exact) mass is 304 g/mol. The maximum absolute atomic E-state index is 12.3. The van der Waals surface area contributed by atoms with Gasteiger partial charge in [-0.3, -0.25) is 10.1 Å². The Morgan fingerprint density at radius 3 is 2.23 bits per heavy atom. The van der Waals surface area contributed by atoms with E-state index in [0.717, 1.165) is 18.4 Å². The van der Waals surface area contributed by atoms with Crippen molar-refractivity contribution in [1.82, 2.24) is 5.32 Å². The lowest BCUT2D eigenvalue weighted by Gasteiger charge is -2.23. The maximum Gasteiger partial charge on any atom is 0.319 e. The molecule has 1 aliphatic rings. The molecule has 3 amide bonds. The lowest BCUT2D eigenvalue weighted by atomic mass is 9.95. The van der Waals surface area contributed by atoms with E-state index in [1.165, 1.54) is 32.1 Å². The largest absolute Gasteiger partial charge is 0.351 e. The van der Waals surface area contributed by atoms with Crippen LogP contribution in [0.25, 0.3) is 0 Å². The van der Waals surface area contributed by atoms with Crippen LogP contribution in [0.3, 0.4) is 0 Å². The van der Waals surface area contributed by atoms with Gasteiger partial charge in [0.15, 0.2) is 6.04 Å². The molecular formula is C17H26N3O2+. The number of hydrogen-bond acceptors (Lipinski definition) is 2. The van der Waals surface area contributed by atoms with Gasteiger partial charge in [0.05, 0.1) is 6.04 Å². The number of nitrogens with one attached hydrogen (secondary N) is 1. The van der Waals surface area contributed by atoms with Crippen LogP contribution in [0.4, 0.5) is 4.79 Å². The van der Waals surface area contributed by atoms with Gasteiger partial charge in [-0.25, -0.2) is 4.79 Å². The fourth-order valence-electron chi connectivity index (χ4n) is 3.16. The van der Waals surface area contributed by atoms with Crippen LogP contribution in [0.2, 0.25) is 0 Å². The van der Waals surface area contributed by atoms with Gasteiger partial charge in [-0.15, -0.1) is 0 Å². The third-order valence-corrected chi connectivity index (χ3v) is 4.30. The van der Waals surface area contributed by atoms with Gasteiger partial charge in [0.25, 0.3) is 5.91 Å². The van der Waals surface area contributed by atoms with Crippen LogP contribution in [0.5, 0.6) is 0 Å². The molecule has 0 unspecified atom stereocenters. The van der Waals surface area contributed by atoms with Crippen LogP contribution in [-0.2, 0) is 4.79 Å². The predicted octanol–water partition coefficient (Wildman–Crippen LogP) is 1.60. The van der Waals surface area contributed by atoms with Crippen LogP contribution in [0.1, 0.15) is 56.6 Å². The van der Waals surface area contributed by atoms with Gasteiger partial charge in [-0.1, -0.05) is 49.6 Å². The highest BCUT2D eigenvalue weighted by Gasteiger charge is 2.28. The smallest absolute Gasteiger partial charge is 0.319 e. The van der Waals surface area contributed by atoms with Gasteiger partial charge in [0.1, 0.15) is 0 Å². The molecule has 2 rings (SSSR count). The molecule has 1 saturated carbocycles. The fourth-order valence-corrected chi connectivity index (χ4v) is 3.16. The Labute approximate surface area is 131 Å². The third-order valence-electron chi connectivity index (χ3n) is 4.30. The lowest BCUT2D eigenvalue weighted by Crippen LogP contribution is -2.92. The second-order valence-corrected chi connectivity index (χ2v) is 6.04. The number of carbonyl (C=O) groups excluding carboxylic acids is 2. The van der Waals surface area contributed by atoms with E-state index in [2.05, 4.69) is 10.6 Å². The minimum atomic E-state index is -0.794. The molecule has 0 heterocycles. The second kappa shape index (κ2) is 8.54. The Balaban J connectivity index is 2.09. The molecule has 1 atom stereocenters. The zero-order valence-electron chi connectivity index (χ0n) is 13.0. The predicted molar refractivity (Wildman–Crippen MR) is 84.9 cm³/mol. The average Bonchev–Trinajstić information content (AvgIpc) is 2.46. The van der Waals surface area contributed by atoms with E-state index >= 15 is 0 Å². The normalized spacial score (nSPS) is 18.0. The van der Waals surface area contributed by atoms with E-state index in [9.17, 15) is 9.59 Å². The van der Waals surface area contributed by atoms with Crippen molar-refractivity contribution in [3.8, 4) is 0 Å². The number of carbonyl (C=O) groups is 2. The Bertz CT molecular complexity index is 482. The summed E-state index contributed by atoms with van der Waals surface area (Å²) < 4.78 is 0. The molecule has 1 aromatic rings. The molecule has 5 nitrogen and oxygen atoms in total. The SMILES string of the molecule is NC(=O)NC(=O)[C@H]([NH2+]C1CCCCCCC1)c1ccccc1. The first-order valence-corrected chi connectivity index (χ1v) is 8.17. The Morgan fingerprint density at radius 1 is 1.05 bits per heavy atom. The number of primary amides is 1. The summed E-state index contributed by atoms with van der Waals surface area (Å²) in [5.74, 6) is -0.333. The van der Waals surface area contributed by atoms with Crippen LogP contribution in [0.15, 0.2) is 30.3 Å². The van der Waals surface area contributed by atoms with Gasteiger partial charge >= 0.3 is 6.03 Å². The average molecular weight is 304 g/mol. The number of benzene rings is 1. The molecule has 1 aromatic carbocycles. The molecule has 1 aliphatic carbocycles. The highest BCUT2D eigenvalue weighted by Crippen LogP contribution is 2.17. The van der Waals surface area contributed by atoms with Gasteiger partial charge < -0.3 is 11.1 Å². The standard InChI is InChI=1S/C17H25N3O2/c18-17(22)20-16(21)15(13-9-5-4-6-10-13)19-14-11-7-2-1-3-8-12-14/h4-6,9-10,14-15,19H,1-3,7-8,11-12H2,(H3,18,20,21,22)/p+1/t15-/m1/s1. The first kappa shape index (κ1) is 16.5. The first-order chi connectivity index (χ1) is 10.7. The summed E-state index contributed by atoms with van der Waals surface area (Å²) >= 11 is 0. The molecule has 5 N–H and O–H groups in total. The van der Waals surface area contributed by atoms with Crippen LogP contribution >= 0.6 is 0 Å². The minimum Gasteiger partial charge on any atom is -0.351 e. The summed E-state index contributed by atoms with van der Waals surface area (Å²) in [4.78, 5) is 23.4. The van der Waals surface area contributed by atoms with Crippen molar-refractivity contribution in [2.75, 3.05) is 0 Å². The van der Waals surface area contributed by atoms with Gasteiger partial charge in [0, 0.05) is 5.56 Å². The summed E-state index contributed by atoms with van der Waals surface area (Å²) in [5, 5.41) is 4.34. The number of hydrogen-bond donors (Lipinski definition) is 3. The zero-order chi connectivity index (χ0) is 15.8. The Morgan fingerprint density at radius 2 is 1.64 bits per heavy atom. The summed E-state index contributed by atoms with van der Waals surface area (Å²) in [7, 11) is 0. The van der Waals surface area contributed by atoms with Crippen molar-refractivity contribution >= 4 is 11.9 Å². The third kappa shape index (κ3) is 5.15. The molecule has 0 bridgehead atoms. The van der Waals surface area contributed by atoms with Crippen molar-refractivity contribution in [1.29, 1.82) is 0 Å². The number of rotatable bonds is 4. The van der Waals surface area contributed by atoms with Crippen molar-refractivity contribution in [2.45, 2.75) is 57.0 Å². The van der Waals surface area contributed by atoms with E-state index in [-0.39, 0.29) is 5.91 Å². The van der Waals surface area contributed by atoms with E-state index in [1.807, 2.05) is 30.3 Å². The van der Waals surface area contributed by atoms with Crippen LogP contribution in [0, 0.1) is 0 Å². The molecule has 0 radical (unpaired) electrons. The molecule has 120 valence electrons. The summed E-state index contributed by atoms with van der Waals surface area (Å²) in [6.07, 6.45) is 8.51. The van der Waals surface area contributed by atoms with Crippen LogP contribution < -0.4 is 16.4 Å². The molecule has 22 heavy (non-hydrogen) atoms. The zero-order valence-corrected chi connectivity index (χ0v) is 13.0. The number of nitrogens with two attached hydrogens (primary N) is 2. The maximum atomic E-state index is 12.3. The second-order valence-electron chi connectivity index (χ2n) is 6.04. The molecular weight excluding hydrogens is 278 g/mol. The first-order valence-electron chi connectivity index (χ1n) is 8.17. The van der Waals surface area contributed by atoms with E-state index in [1.54, 1.807) is 0 Å². The van der Waals surface area contributed by atoms with Crippen molar-refractivity contribution in [3.05, 3.63) is 35.9 Å². The number of urea groups is 1. The minimum absolute atomic E-state index is 0.333. The van der Waals surface area contributed by atoms with Crippen molar-refractivity contribution in [3.63, 3.8) is 0 Å². The lowest BCUT2D eigenvalue weighted by molar-refractivity contribution is -0.717. The highest BCUT2D eigenvalue weighted by molar-refractivity contribution is 5.96. The molecule has 0 aromatic heterocycles. The Kier molecular flexibility index (Phi) is 6.40. The summed E-state index contributed by atoms with van der Waals surface area (Å²) in [6.45, 7) is 0. The van der Waals surface area contributed by atoms with Gasteiger partial charge in [-0.2, -0.15) is 0 Å². The number of imide groups is 1. The van der Waals surface area contributed by atoms with Gasteiger partial charge in [0.2, 0.25) is 0 Å². The highest BCUT2D eigenvalue weighted by atomic mass is 16.2. The Hall–Kier alpha value is -1.88. The molecule has 0 spiro atoms. The fraction of sp³-hybridized carbons (Fsp3) is 0.529. The van der Waals surface area contributed by atoms with E-state index in [0.29, 0.717) is 6.04 Å². The van der Waals surface area contributed by atoms with Crippen molar-refractivity contribution in [2.24, 2.45) is 5.73 Å². The summed E-state index contributed by atoms with van der Waals surface area (Å²) in [6, 6.07) is 8.79. The summed E-state index contributed by atoms with van der Waals surface area (Å²) in [5.41, 5.74) is 6.01. The van der Waals surface area contributed by atoms with E-state index < -0.39 is 12.1 Å². The number of amides is 3. The van der Waals surface area contributed by atoms with E-state index in [4.69, 9.17) is 5.73 Å². The molecule has 0 aliphatic heterocycles. The topological polar surface area (TPSA) is 88.8 Å².